The quantitative estimate of drug-likeness (QED) is 0.0985. The molecule has 0 fully saturated rings. The standard InChI is InChI=1S/C48H51N5O8/c1-49-17-8-20-59-38-15-11-32(12-16-38)34-22-36-28-51-42-26-46(44(58-4)24-40(42)48(55)53(36)30-34)61-19-7-5-6-18-60-45-25-41-39(23-43(45)57-3)47(54)52-29-33(21-35(52)27-50-41)31-9-13-37(56-2)14-10-31/h9-16,23-30,35-36,49H,5-8,17-22H2,1-4H3/t35-,36-/m0/s1. The number of ether oxygens (including phenoxy) is 6. The fourth-order valence-corrected chi connectivity index (χ4v) is 7.90. The highest BCUT2D eigenvalue weighted by atomic mass is 16.5. The van der Waals surface area contributed by atoms with Crippen molar-refractivity contribution in [3.05, 3.63) is 107 Å². The number of fused-ring (bicyclic) bond motifs is 4. The van der Waals surface area contributed by atoms with Crippen molar-refractivity contribution >= 4 is 46.8 Å². The van der Waals surface area contributed by atoms with Gasteiger partial charge in [0.15, 0.2) is 23.0 Å². The molecule has 0 bridgehead atoms. The molecule has 0 radical (unpaired) electrons. The molecule has 2 amide bonds. The smallest absolute Gasteiger partial charge is 0.260 e. The predicted octanol–water partition coefficient (Wildman–Crippen LogP) is 8.27. The number of hydrogen-bond donors (Lipinski definition) is 1. The van der Waals surface area contributed by atoms with Crippen LogP contribution in [-0.2, 0) is 0 Å². The number of aliphatic imine (C=N–C) groups is 2. The van der Waals surface area contributed by atoms with Gasteiger partial charge < -0.3 is 43.5 Å². The summed E-state index contributed by atoms with van der Waals surface area (Å²) in [6, 6.07) is 22.5. The van der Waals surface area contributed by atoms with Crippen molar-refractivity contribution in [2.75, 3.05) is 54.7 Å². The van der Waals surface area contributed by atoms with Gasteiger partial charge in [-0.05, 0) is 97.9 Å². The Balaban J connectivity index is 0.829. The molecule has 61 heavy (non-hydrogen) atoms. The van der Waals surface area contributed by atoms with Crippen molar-refractivity contribution in [3.63, 3.8) is 0 Å². The number of hydrogen-bond acceptors (Lipinski definition) is 11. The molecule has 4 aromatic carbocycles. The number of carbonyl (C=O) groups is 2. The second-order valence-electron chi connectivity index (χ2n) is 15.2. The van der Waals surface area contributed by atoms with E-state index in [1.807, 2.05) is 80.4 Å². The van der Waals surface area contributed by atoms with Gasteiger partial charge in [0.25, 0.3) is 11.8 Å². The largest absolute Gasteiger partial charge is 0.497 e. The topological polar surface area (TPSA) is 133 Å². The molecule has 13 nitrogen and oxygen atoms in total. The van der Waals surface area contributed by atoms with Crippen LogP contribution in [0.3, 0.4) is 0 Å². The van der Waals surface area contributed by atoms with Gasteiger partial charge in [0.2, 0.25) is 0 Å². The minimum Gasteiger partial charge on any atom is -0.497 e. The number of amides is 2. The molecule has 13 heteroatoms. The van der Waals surface area contributed by atoms with Crippen LogP contribution in [0, 0.1) is 0 Å². The maximum atomic E-state index is 13.8. The van der Waals surface area contributed by atoms with Gasteiger partial charge in [-0.2, -0.15) is 0 Å². The van der Waals surface area contributed by atoms with E-state index >= 15 is 0 Å². The lowest BCUT2D eigenvalue weighted by molar-refractivity contribution is 0.0809. The Morgan fingerprint density at radius 3 is 1.51 bits per heavy atom. The zero-order chi connectivity index (χ0) is 42.3. The van der Waals surface area contributed by atoms with Crippen molar-refractivity contribution in [2.24, 2.45) is 9.98 Å². The minimum atomic E-state index is -0.194. The van der Waals surface area contributed by atoms with E-state index in [1.54, 1.807) is 55.4 Å². The van der Waals surface area contributed by atoms with Crippen LogP contribution in [0.15, 0.2) is 95.2 Å². The molecule has 8 rings (SSSR count). The first-order valence-electron chi connectivity index (χ1n) is 20.7. The van der Waals surface area contributed by atoms with Gasteiger partial charge in [-0.25, -0.2) is 0 Å². The molecule has 0 aliphatic carbocycles. The van der Waals surface area contributed by atoms with E-state index in [4.69, 9.17) is 38.4 Å². The molecule has 4 aliphatic rings. The molecule has 316 valence electrons. The summed E-state index contributed by atoms with van der Waals surface area (Å²) in [7, 11) is 6.70. The molecule has 4 aliphatic heterocycles. The van der Waals surface area contributed by atoms with Crippen molar-refractivity contribution in [3.8, 4) is 34.5 Å². The average Bonchev–Trinajstić information content (AvgIpc) is 3.87. The second kappa shape index (κ2) is 18.8. The third-order valence-corrected chi connectivity index (χ3v) is 11.3. The first-order chi connectivity index (χ1) is 29.9. The van der Waals surface area contributed by atoms with Crippen molar-refractivity contribution in [1.82, 2.24) is 15.1 Å². The van der Waals surface area contributed by atoms with Crippen molar-refractivity contribution in [2.45, 2.75) is 50.6 Å². The Kier molecular flexibility index (Phi) is 12.7. The van der Waals surface area contributed by atoms with Gasteiger partial charge in [0.05, 0.1) is 75.7 Å². The van der Waals surface area contributed by atoms with E-state index < -0.39 is 0 Å². The van der Waals surface area contributed by atoms with Crippen LogP contribution in [0.2, 0.25) is 0 Å². The van der Waals surface area contributed by atoms with Crippen LogP contribution in [-0.4, -0.2) is 101 Å². The van der Waals surface area contributed by atoms with Gasteiger partial charge in [-0.1, -0.05) is 24.3 Å². The fraction of sp³-hybridized carbons (Fsp3) is 0.333. The van der Waals surface area contributed by atoms with Crippen LogP contribution in [0.25, 0.3) is 11.1 Å². The highest BCUT2D eigenvalue weighted by Crippen LogP contribution is 2.42. The molecule has 4 aromatic rings. The Bertz CT molecular complexity index is 2370. The molecular weight excluding hydrogens is 775 g/mol. The average molecular weight is 826 g/mol. The van der Waals surface area contributed by atoms with Gasteiger partial charge >= 0.3 is 0 Å². The van der Waals surface area contributed by atoms with Gasteiger partial charge in [0.1, 0.15) is 11.5 Å². The number of nitrogens with zero attached hydrogens (tertiary/aromatic N) is 4. The molecule has 4 heterocycles. The summed E-state index contributed by atoms with van der Waals surface area (Å²) in [5.74, 6) is 3.36. The van der Waals surface area contributed by atoms with E-state index in [2.05, 4.69) is 5.32 Å². The monoisotopic (exact) mass is 825 g/mol. The molecule has 1 N–H and O–H groups in total. The van der Waals surface area contributed by atoms with Crippen molar-refractivity contribution < 1.29 is 38.0 Å². The van der Waals surface area contributed by atoms with Crippen LogP contribution in [0.4, 0.5) is 11.4 Å². The van der Waals surface area contributed by atoms with Crippen LogP contribution < -0.4 is 33.7 Å². The lowest BCUT2D eigenvalue weighted by Crippen LogP contribution is -2.32. The van der Waals surface area contributed by atoms with E-state index in [-0.39, 0.29) is 23.9 Å². The summed E-state index contributed by atoms with van der Waals surface area (Å²) in [6.07, 6.45) is 12.1. The first-order valence-corrected chi connectivity index (χ1v) is 20.7. The van der Waals surface area contributed by atoms with E-state index in [0.29, 0.717) is 78.2 Å². The third kappa shape index (κ3) is 8.97. The Labute approximate surface area is 356 Å². The maximum Gasteiger partial charge on any atom is 0.260 e. The number of rotatable bonds is 18. The number of carbonyl (C=O) groups excluding carboxylic acids is 2. The lowest BCUT2D eigenvalue weighted by Gasteiger charge is -2.19. The Morgan fingerprint density at radius 2 is 1.05 bits per heavy atom. The zero-order valence-electron chi connectivity index (χ0n) is 35.0. The van der Waals surface area contributed by atoms with Gasteiger partial charge in [-0.15, -0.1) is 0 Å². The molecule has 2 atom stereocenters. The summed E-state index contributed by atoms with van der Waals surface area (Å²) in [4.78, 5) is 40.6. The van der Waals surface area contributed by atoms with Crippen molar-refractivity contribution in [1.29, 1.82) is 0 Å². The second-order valence-corrected chi connectivity index (χ2v) is 15.2. The summed E-state index contributed by atoms with van der Waals surface area (Å²) in [6.45, 7) is 2.45. The molecule has 0 spiro atoms. The summed E-state index contributed by atoms with van der Waals surface area (Å²) >= 11 is 0. The molecular formula is C48H51N5O8. The molecule has 0 saturated carbocycles. The van der Waals surface area contributed by atoms with Crippen LogP contribution >= 0.6 is 0 Å². The molecule has 0 aromatic heterocycles. The third-order valence-electron chi connectivity index (χ3n) is 11.3. The zero-order valence-corrected chi connectivity index (χ0v) is 35.0. The summed E-state index contributed by atoms with van der Waals surface area (Å²) < 4.78 is 34.8. The summed E-state index contributed by atoms with van der Waals surface area (Å²) in [5, 5.41) is 3.12. The molecule has 0 saturated heterocycles. The Hall–Kier alpha value is -6.60. The van der Waals surface area contributed by atoms with Gasteiger partial charge in [-0.3, -0.25) is 19.6 Å². The number of nitrogens with one attached hydrogen (secondary N) is 1. The minimum absolute atomic E-state index is 0.136. The lowest BCUT2D eigenvalue weighted by atomic mass is 10.0. The van der Waals surface area contributed by atoms with Crippen LogP contribution in [0.5, 0.6) is 34.5 Å². The van der Waals surface area contributed by atoms with E-state index in [0.717, 1.165) is 66.0 Å². The fourth-order valence-electron chi connectivity index (χ4n) is 7.90. The summed E-state index contributed by atoms with van der Waals surface area (Å²) in [5.41, 5.74) is 6.23. The van der Waals surface area contributed by atoms with E-state index in [9.17, 15) is 9.59 Å². The first kappa shape index (κ1) is 41.1. The predicted molar refractivity (Wildman–Crippen MR) is 236 cm³/mol. The number of methoxy groups -OCH3 is 3. The highest BCUT2D eigenvalue weighted by Gasteiger charge is 2.35. The van der Waals surface area contributed by atoms with Crippen LogP contribution in [0.1, 0.15) is 70.4 Å². The maximum absolute atomic E-state index is 13.8. The number of benzene rings is 4. The normalized spacial score (nSPS) is 17.4. The Morgan fingerprint density at radius 1 is 0.574 bits per heavy atom. The number of unbranched alkanes of at least 4 members (excludes halogenated alkanes) is 2. The SMILES string of the molecule is CNCCCOc1ccc(C2=CN3C(=O)c4cc(OC)c(OCCCCCOc5cc6c(cc5OC)C(=O)N5C=C(c7ccc(OC)cc7)C[C@H]5C=N6)cc4N=C[C@@H]3C2)cc1. The molecule has 0 unspecified atom stereocenters. The highest BCUT2D eigenvalue weighted by molar-refractivity contribution is 6.06. The van der Waals surface area contributed by atoms with E-state index in [1.165, 1.54) is 0 Å². The van der Waals surface area contributed by atoms with Gasteiger partial charge in [0, 0.05) is 49.8 Å².